The maximum Gasteiger partial charge on any atom is 0.102 e. The van der Waals surface area contributed by atoms with Crippen LogP contribution in [0.5, 0.6) is 0 Å². The first-order valence-corrected chi connectivity index (χ1v) is 2.56. The van der Waals surface area contributed by atoms with Crippen molar-refractivity contribution in [2.45, 2.75) is 26.5 Å². The minimum Gasteiger partial charge on any atom is -0.379 e. The van der Waals surface area contributed by atoms with Crippen LogP contribution in [-0.4, -0.2) is 11.3 Å². The van der Waals surface area contributed by atoms with Crippen LogP contribution in [0.25, 0.3) is 0 Å². The van der Waals surface area contributed by atoms with E-state index in [-0.39, 0.29) is 1.43 Å². The summed E-state index contributed by atoms with van der Waals surface area (Å²) in [5.74, 6) is 0.500. The van der Waals surface area contributed by atoms with Crippen LogP contribution in [0.2, 0.25) is 0 Å². The Bertz CT molecular complexity index is 41.7. The molecule has 0 aromatic heterocycles. The number of aliphatic hydroxyl groups is 1. The quantitative estimate of drug-likeness (QED) is 0.504. The van der Waals surface area contributed by atoms with Crippen molar-refractivity contribution >= 4 is 0 Å². The molecular formula is C5H15NO. The Labute approximate surface area is 45.8 Å². The van der Waals surface area contributed by atoms with E-state index in [0.29, 0.717) is 12.3 Å². The fourth-order valence-corrected chi connectivity index (χ4v) is 0.483. The lowest BCUT2D eigenvalue weighted by atomic mass is 10.1. The van der Waals surface area contributed by atoms with Crippen LogP contribution in [-0.2, 0) is 0 Å². The molecule has 0 spiro atoms. The lowest BCUT2D eigenvalue weighted by molar-refractivity contribution is 0.156. The van der Waals surface area contributed by atoms with Crippen molar-refractivity contribution in [3.8, 4) is 0 Å². The lowest BCUT2D eigenvalue weighted by Gasteiger charge is -2.04. The molecule has 7 heavy (non-hydrogen) atoms. The van der Waals surface area contributed by atoms with Crippen molar-refractivity contribution in [3.05, 3.63) is 0 Å². The van der Waals surface area contributed by atoms with E-state index >= 15 is 0 Å². The average Bonchev–Trinajstić information content (AvgIpc) is 1.27. The third kappa shape index (κ3) is 5.92. The molecule has 2 nitrogen and oxygen atoms in total. The second-order valence-corrected chi connectivity index (χ2v) is 2.20. The van der Waals surface area contributed by atoms with Crippen LogP contribution in [0.4, 0.5) is 0 Å². The second kappa shape index (κ2) is 2.99. The molecule has 0 saturated heterocycles. The second-order valence-electron chi connectivity index (χ2n) is 2.20. The largest absolute Gasteiger partial charge is 0.379 e. The summed E-state index contributed by atoms with van der Waals surface area (Å²) < 4.78 is 0. The van der Waals surface area contributed by atoms with E-state index in [1.165, 1.54) is 0 Å². The summed E-state index contributed by atoms with van der Waals surface area (Å²) in [5.41, 5.74) is 5.05. The summed E-state index contributed by atoms with van der Waals surface area (Å²) in [5, 5.41) is 8.50. The predicted molar refractivity (Wildman–Crippen MR) is 31.8 cm³/mol. The van der Waals surface area contributed by atoms with E-state index in [1.807, 2.05) is 13.8 Å². The average molecular weight is 105 g/mol. The zero-order valence-electron chi connectivity index (χ0n) is 4.89. The molecule has 3 N–H and O–H groups in total. The van der Waals surface area contributed by atoms with Crippen LogP contribution in [0.15, 0.2) is 0 Å². The molecule has 0 radical (unpaired) electrons. The topological polar surface area (TPSA) is 46.2 Å². The zero-order valence-corrected chi connectivity index (χ0v) is 4.89. The smallest absolute Gasteiger partial charge is 0.102 e. The van der Waals surface area contributed by atoms with E-state index in [4.69, 9.17) is 10.8 Å². The normalized spacial score (nSPS) is 15.0. The van der Waals surface area contributed by atoms with Crippen molar-refractivity contribution in [3.63, 3.8) is 0 Å². The van der Waals surface area contributed by atoms with Gasteiger partial charge in [0.15, 0.2) is 0 Å². The summed E-state index contributed by atoms with van der Waals surface area (Å²) in [4.78, 5) is 0. The Morgan fingerprint density at radius 1 is 1.71 bits per heavy atom. The SMILES string of the molecule is CC(C)CC(N)O.[HH]. The van der Waals surface area contributed by atoms with Gasteiger partial charge < -0.3 is 10.8 Å². The maximum absolute atomic E-state index is 8.50. The van der Waals surface area contributed by atoms with E-state index < -0.39 is 6.23 Å². The highest BCUT2D eigenvalue weighted by Crippen LogP contribution is 1.98. The maximum atomic E-state index is 8.50. The van der Waals surface area contributed by atoms with Gasteiger partial charge in [0.1, 0.15) is 6.23 Å². The number of hydrogen-bond acceptors (Lipinski definition) is 2. The summed E-state index contributed by atoms with van der Waals surface area (Å²) in [6.07, 6.45) is 0.0694. The summed E-state index contributed by atoms with van der Waals surface area (Å²) in [7, 11) is 0. The van der Waals surface area contributed by atoms with Crippen molar-refractivity contribution < 1.29 is 6.53 Å². The molecule has 0 aliphatic carbocycles. The van der Waals surface area contributed by atoms with Gasteiger partial charge in [-0.3, -0.25) is 0 Å². The van der Waals surface area contributed by atoms with Gasteiger partial charge >= 0.3 is 0 Å². The van der Waals surface area contributed by atoms with Crippen LogP contribution < -0.4 is 5.73 Å². The summed E-state index contributed by atoms with van der Waals surface area (Å²) >= 11 is 0. The molecule has 0 saturated carbocycles. The predicted octanol–water partition coefficient (Wildman–Crippen LogP) is 0.556. The van der Waals surface area contributed by atoms with E-state index in [2.05, 4.69) is 0 Å². The molecule has 0 aliphatic heterocycles. The summed E-state index contributed by atoms with van der Waals surface area (Å²) in [6, 6.07) is 0. The number of rotatable bonds is 2. The molecule has 0 fully saturated rings. The molecule has 0 aliphatic rings. The minimum atomic E-state index is -0.625. The Balaban J connectivity index is 0. The molecule has 1 atom stereocenters. The van der Waals surface area contributed by atoms with E-state index in [1.54, 1.807) is 0 Å². The Hall–Kier alpha value is -0.0800. The minimum absolute atomic E-state index is 0. The lowest BCUT2D eigenvalue weighted by Crippen LogP contribution is -2.20. The monoisotopic (exact) mass is 105 g/mol. The molecule has 0 bridgehead atoms. The Kier molecular flexibility index (Phi) is 2.96. The molecule has 1 unspecified atom stereocenters. The van der Waals surface area contributed by atoms with Crippen molar-refractivity contribution in [1.29, 1.82) is 0 Å². The molecule has 0 aromatic rings. The van der Waals surface area contributed by atoms with Crippen LogP contribution in [0.3, 0.4) is 0 Å². The molecular weight excluding hydrogens is 90.1 g/mol. The Morgan fingerprint density at radius 2 is 2.14 bits per heavy atom. The molecule has 2 heteroatoms. The van der Waals surface area contributed by atoms with Gasteiger partial charge in [-0.1, -0.05) is 13.8 Å². The highest BCUT2D eigenvalue weighted by Gasteiger charge is 1.97. The number of nitrogens with two attached hydrogens (primary N) is 1. The third-order valence-corrected chi connectivity index (χ3v) is 0.713. The number of aliphatic hydroxyl groups excluding tert-OH is 1. The standard InChI is InChI=1S/C5H13NO.H2/c1-4(2)3-5(6)7;/h4-5,7H,3,6H2,1-2H3;1H. The zero-order chi connectivity index (χ0) is 5.86. The fourth-order valence-electron chi connectivity index (χ4n) is 0.483. The first-order valence-electron chi connectivity index (χ1n) is 2.56. The van der Waals surface area contributed by atoms with Crippen molar-refractivity contribution in [1.82, 2.24) is 0 Å². The van der Waals surface area contributed by atoms with Gasteiger partial charge in [0.25, 0.3) is 0 Å². The van der Waals surface area contributed by atoms with Gasteiger partial charge in [0.05, 0.1) is 0 Å². The number of hydrogen-bond donors (Lipinski definition) is 2. The van der Waals surface area contributed by atoms with Gasteiger partial charge in [-0.2, -0.15) is 0 Å². The van der Waals surface area contributed by atoms with E-state index in [0.717, 1.165) is 0 Å². The van der Waals surface area contributed by atoms with Crippen LogP contribution >= 0.6 is 0 Å². The fraction of sp³-hybridized carbons (Fsp3) is 1.00. The van der Waals surface area contributed by atoms with Gasteiger partial charge in [-0.15, -0.1) is 0 Å². The van der Waals surface area contributed by atoms with Gasteiger partial charge in [-0.05, 0) is 12.3 Å². The molecule has 0 amide bonds. The van der Waals surface area contributed by atoms with Crippen molar-refractivity contribution in [2.75, 3.05) is 0 Å². The van der Waals surface area contributed by atoms with Gasteiger partial charge in [0.2, 0.25) is 0 Å². The van der Waals surface area contributed by atoms with Gasteiger partial charge in [0, 0.05) is 1.43 Å². The first-order chi connectivity index (χ1) is 3.13. The molecule has 0 rings (SSSR count). The highest BCUT2D eigenvalue weighted by molar-refractivity contribution is 4.47. The molecule has 0 aromatic carbocycles. The Morgan fingerprint density at radius 3 is 2.14 bits per heavy atom. The first kappa shape index (κ1) is 6.92. The third-order valence-electron chi connectivity index (χ3n) is 0.713. The van der Waals surface area contributed by atoms with E-state index in [9.17, 15) is 0 Å². The van der Waals surface area contributed by atoms with Crippen LogP contribution in [0, 0.1) is 5.92 Å². The van der Waals surface area contributed by atoms with Gasteiger partial charge in [-0.25, -0.2) is 0 Å². The van der Waals surface area contributed by atoms with Crippen molar-refractivity contribution in [2.24, 2.45) is 11.7 Å². The molecule has 46 valence electrons. The molecule has 0 heterocycles. The summed E-state index contributed by atoms with van der Waals surface area (Å²) in [6.45, 7) is 4.05. The highest BCUT2D eigenvalue weighted by atomic mass is 16.3. The van der Waals surface area contributed by atoms with Crippen LogP contribution in [0.1, 0.15) is 21.7 Å².